The van der Waals surface area contributed by atoms with Crippen molar-refractivity contribution in [1.29, 1.82) is 0 Å². The van der Waals surface area contributed by atoms with Gasteiger partial charge in [-0.15, -0.1) is 0 Å². The van der Waals surface area contributed by atoms with Crippen LogP contribution in [0.25, 0.3) is 0 Å². The van der Waals surface area contributed by atoms with Crippen molar-refractivity contribution >= 4 is 12.4 Å². The second kappa shape index (κ2) is 4.67. The van der Waals surface area contributed by atoms with Crippen LogP contribution in [0.3, 0.4) is 0 Å². The molecule has 1 rings (SSSR count). The fourth-order valence-corrected chi connectivity index (χ4v) is 1.96. The summed E-state index contributed by atoms with van der Waals surface area (Å²) in [6, 6.07) is 0. The third-order valence-electron chi connectivity index (χ3n) is 3.20. The highest BCUT2D eigenvalue weighted by molar-refractivity contribution is 5.69. The Labute approximate surface area is 103 Å². The van der Waals surface area contributed by atoms with Crippen LogP contribution in [0.5, 0.6) is 0 Å². The lowest BCUT2D eigenvalue weighted by molar-refractivity contribution is -0.116. The van der Waals surface area contributed by atoms with Gasteiger partial charge in [0.1, 0.15) is 11.9 Å². The molecule has 0 bridgehead atoms. The molecule has 1 heterocycles. The topological polar surface area (TPSA) is 46.6 Å². The lowest BCUT2D eigenvalue weighted by atomic mass is 9.80. The van der Waals surface area contributed by atoms with E-state index in [4.69, 9.17) is 4.74 Å². The maximum atomic E-state index is 11.8. The number of hydrogen-bond acceptors (Lipinski definition) is 3. The van der Waals surface area contributed by atoms with Crippen LogP contribution in [0, 0.1) is 11.3 Å². The monoisotopic (exact) mass is 241 g/mol. The maximum absolute atomic E-state index is 11.8. The Balaban J connectivity index is 2.56. The molecule has 1 aliphatic heterocycles. The van der Waals surface area contributed by atoms with Gasteiger partial charge < -0.3 is 14.4 Å². The number of aldehydes is 1. The van der Waals surface area contributed by atoms with E-state index in [1.165, 1.54) is 0 Å². The molecule has 4 heteroatoms. The van der Waals surface area contributed by atoms with E-state index in [0.29, 0.717) is 13.1 Å². The second-order valence-corrected chi connectivity index (χ2v) is 6.35. The molecule has 1 amide bonds. The predicted molar refractivity (Wildman–Crippen MR) is 65.8 cm³/mol. The van der Waals surface area contributed by atoms with E-state index in [1.54, 1.807) is 4.90 Å². The first-order valence-electron chi connectivity index (χ1n) is 6.10. The highest BCUT2D eigenvalue weighted by atomic mass is 16.6. The standard InChI is InChI=1S/C13H23NO3/c1-12(2,3)17-11(16)14-7-6-10(8-14)13(4,5)9-15/h9-10H,6-8H2,1-5H3/t10-/m0/s1. The number of rotatable bonds is 2. The van der Waals surface area contributed by atoms with Gasteiger partial charge in [0.15, 0.2) is 0 Å². The Bertz CT molecular complexity index is 304. The molecule has 1 fully saturated rings. The average molecular weight is 241 g/mol. The minimum absolute atomic E-state index is 0.229. The summed E-state index contributed by atoms with van der Waals surface area (Å²) in [7, 11) is 0. The van der Waals surface area contributed by atoms with Gasteiger partial charge >= 0.3 is 6.09 Å². The zero-order chi connectivity index (χ0) is 13.3. The average Bonchev–Trinajstić information content (AvgIpc) is 2.64. The number of nitrogens with zero attached hydrogens (tertiary/aromatic N) is 1. The Morgan fingerprint density at radius 1 is 1.29 bits per heavy atom. The Hall–Kier alpha value is -1.06. The van der Waals surface area contributed by atoms with Crippen molar-refractivity contribution in [3.05, 3.63) is 0 Å². The summed E-state index contributed by atoms with van der Waals surface area (Å²) in [5, 5.41) is 0. The van der Waals surface area contributed by atoms with Crippen LogP contribution in [0.1, 0.15) is 41.0 Å². The number of ether oxygens (including phenoxy) is 1. The first-order chi connectivity index (χ1) is 7.65. The summed E-state index contributed by atoms with van der Waals surface area (Å²) >= 11 is 0. The number of carbonyl (C=O) groups excluding carboxylic acids is 2. The highest BCUT2D eigenvalue weighted by Gasteiger charge is 2.37. The van der Waals surface area contributed by atoms with Crippen LogP contribution >= 0.6 is 0 Å². The summed E-state index contributed by atoms with van der Waals surface area (Å²) in [5.74, 6) is 0.229. The molecule has 0 aromatic carbocycles. The van der Waals surface area contributed by atoms with Crippen molar-refractivity contribution in [3.8, 4) is 0 Å². The van der Waals surface area contributed by atoms with Gasteiger partial charge in [-0.1, -0.05) is 13.8 Å². The van der Waals surface area contributed by atoms with Crippen molar-refractivity contribution in [2.45, 2.75) is 46.6 Å². The zero-order valence-corrected chi connectivity index (χ0v) is 11.4. The van der Waals surface area contributed by atoms with E-state index in [2.05, 4.69) is 0 Å². The normalized spacial score (nSPS) is 21.5. The predicted octanol–water partition coefficient (Wildman–Crippen LogP) is 2.47. The number of hydrogen-bond donors (Lipinski definition) is 0. The van der Waals surface area contributed by atoms with E-state index in [9.17, 15) is 9.59 Å². The molecule has 17 heavy (non-hydrogen) atoms. The number of likely N-dealkylation sites (tertiary alicyclic amines) is 1. The molecular formula is C13H23NO3. The zero-order valence-electron chi connectivity index (χ0n) is 11.4. The van der Waals surface area contributed by atoms with Crippen LogP contribution < -0.4 is 0 Å². The molecule has 0 saturated carbocycles. The van der Waals surface area contributed by atoms with Gasteiger partial charge in [0.2, 0.25) is 0 Å². The van der Waals surface area contributed by atoms with Crippen LogP contribution in [-0.4, -0.2) is 36.0 Å². The fourth-order valence-electron chi connectivity index (χ4n) is 1.96. The molecule has 0 unspecified atom stereocenters. The van der Waals surface area contributed by atoms with Crippen molar-refractivity contribution in [2.75, 3.05) is 13.1 Å². The van der Waals surface area contributed by atoms with Crippen LogP contribution in [0.15, 0.2) is 0 Å². The first kappa shape index (κ1) is 14.0. The van der Waals surface area contributed by atoms with Gasteiger partial charge in [-0.2, -0.15) is 0 Å². The minimum atomic E-state index is -0.463. The van der Waals surface area contributed by atoms with Crippen molar-refractivity contribution in [1.82, 2.24) is 4.90 Å². The van der Waals surface area contributed by atoms with Gasteiger partial charge in [0, 0.05) is 18.5 Å². The second-order valence-electron chi connectivity index (χ2n) is 6.35. The Kier molecular flexibility index (Phi) is 3.84. The third-order valence-corrected chi connectivity index (χ3v) is 3.20. The van der Waals surface area contributed by atoms with Gasteiger partial charge in [-0.25, -0.2) is 4.79 Å². The molecule has 0 aliphatic carbocycles. The molecule has 0 radical (unpaired) electrons. The summed E-state index contributed by atoms with van der Waals surface area (Å²) in [5.41, 5.74) is -0.827. The lowest BCUT2D eigenvalue weighted by Crippen LogP contribution is -2.36. The largest absolute Gasteiger partial charge is 0.444 e. The maximum Gasteiger partial charge on any atom is 0.410 e. The lowest BCUT2D eigenvalue weighted by Gasteiger charge is -2.27. The molecule has 1 saturated heterocycles. The molecule has 0 aromatic heterocycles. The van der Waals surface area contributed by atoms with E-state index in [1.807, 2.05) is 34.6 Å². The Morgan fingerprint density at radius 3 is 2.35 bits per heavy atom. The minimum Gasteiger partial charge on any atom is -0.444 e. The van der Waals surface area contributed by atoms with Gasteiger partial charge in [0.25, 0.3) is 0 Å². The van der Waals surface area contributed by atoms with Crippen LogP contribution in [-0.2, 0) is 9.53 Å². The number of amides is 1. The molecular weight excluding hydrogens is 218 g/mol. The summed E-state index contributed by atoms with van der Waals surface area (Å²) in [6.45, 7) is 10.7. The molecule has 1 aliphatic rings. The van der Waals surface area contributed by atoms with Crippen molar-refractivity contribution in [2.24, 2.45) is 11.3 Å². The molecule has 1 atom stereocenters. The molecule has 0 spiro atoms. The third kappa shape index (κ3) is 3.72. The van der Waals surface area contributed by atoms with E-state index >= 15 is 0 Å². The fraction of sp³-hybridized carbons (Fsp3) is 0.846. The smallest absolute Gasteiger partial charge is 0.410 e. The van der Waals surface area contributed by atoms with Gasteiger partial charge in [0.05, 0.1) is 0 Å². The Morgan fingerprint density at radius 2 is 1.88 bits per heavy atom. The van der Waals surface area contributed by atoms with Crippen molar-refractivity contribution in [3.63, 3.8) is 0 Å². The summed E-state index contributed by atoms with van der Waals surface area (Å²) in [4.78, 5) is 24.5. The van der Waals surface area contributed by atoms with Gasteiger partial charge in [-0.05, 0) is 33.1 Å². The van der Waals surface area contributed by atoms with E-state index < -0.39 is 5.60 Å². The van der Waals surface area contributed by atoms with E-state index in [0.717, 1.165) is 12.7 Å². The first-order valence-corrected chi connectivity index (χ1v) is 6.10. The van der Waals surface area contributed by atoms with Gasteiger partial charge in [-0.3, -0.25) is 0 Å². The van der Waals surface area contributed by atoms with Crippen LogP contribution in [0.2, 0.25) is 0 Å². The van der Waals surface area contributed by atoms with Crippen molar-refractivity contribution < 1.29 is 14.3 Å². The molecule has 0 N–H and O–H groups in total. The summed E-state index contributed by atoms with van der Waals surface area (Å²) in [6.07, 6.45) is 1.57. The molecule has 4 nitrogen and oxygen atoms in total. The summed E-state index contributed by atoms with van der Waals surface area (Å²) < 4.78 is 5.31. The SMILES string of the molecule is CC(C)(C)OC(=O)N1CC[C@H](C(C)(C)C=O)C1. The van der Waals surface area contributed by atoms with Crippen LogP contribution in [0.4, 0.5) is 4.79 Å². The number of carbonyl (C=O) groups is 2. The molecule has 0 aromatic rings. The molecule has 98 valence electrons. The highest BCUT2D eigenvalue weighted by Crippen LogP contribution is 2.32. The quantitative estimate of drug-likeness (QED) is 0.698. The van der Waals surface area contributed by atoms with E-state index in [-0.39, 0.29) is 17.4 Å².